The Morgan fingerprint density at radius 3 is 1.69 bits per heavy atom. The molecular formula is C33H62NO10P. The number of amides is 1. The van der Waals surface area contributed by atoms with Crippen LogP contribution in [0.5, 0.6) is 0 Å². The molecule has 4 N–H and O–H groups in total. The molecule has 0 aliphatic heterocycles. The van der Waals surface area contributed by atoms with Gasteiger partial charge in [0, 0.05) is 12.8 Å². The van der Waals surface area contributed by atoms with E-state index in [2.05, 4.69) is 31.3 Å². The Kier molecular flexibility index (Phi) is 28.4. The molecule has 1 amide bonds. The molecule has 0 saturated heterocycles. The molecule has 0 rings (SSSR count). The van der Waals surface area contributed by atoms with Crippen molar-refractivity contribution in [1.82, 2.24) is 5.32 Å². The van der Waals surface area contributed by atoms with Gasteiger partial charge in [0.1, 0.15) is 12.7 Å². The van der Waals surface area contributed by atoms with E-state index in [1.54, 1.807) is 0 Å². The van der Waals surface area contributed by atoms with Crippen LogP contribution in [0, 0.1) is 0 Å². The average molecular weight is 664 g/mol. The Morgan fingerprint density at radius 2 is 1.16 bits per heavy atom. The Morgan fingerprint density at radius 1 is 0.689 bits per heavy atom. The second-order valence-corrected chi connectivity index (χ2v) is 13.2. The largest absolute Gasteiger partial charge is 0.480 e. The lowest BCUT2D eigenvalue weighted by Crippen LogP contribution is -2.43. The number of carboxylic acids is 1. The molecule has 0 heterocycles. The SMILES string of the molecule is CCCCCCCC/C=C\CCCCCCCC(=O)NC(COP(=O)(O)OCC(O)COC(=O)CCCCCCCC)C(=O)O. The molecule has 45 heavy (non-hydrogen) atoms. The first-order valence-electron chi connectivity index (χ1n) is 17.2. The topological polar surface area (TPSA) is 169 Å². The maximum absolute atomic E-state index is 12.2. The third-order valence-electron chi connectivity index (χ3n) is 7.30. The van der Waals surface area contributed by atoms with Crippen LogP contribution in [0.4, 0.5) is 0 Å². The normalized spacial score (nSPS) is 14.2. The van der Waals surface area contributed by atoms with E-state index in [4.69, 9.17) is 13.8 Å². The number of ether oxygens (including phenoxy) is 1. The minimum Gasteiger partial charge on any atom is -0.480 e. The van der Waals surface area contributed by atoms with Crippen LogP contribution >= 0.6 is 7.82 Å². The van der Waals surface area contributed by atoms with Crippen LogP contribution in [0.1, 0.15) is 149 Å². The Labute approximate surface area is 271 Å². The molecule has 0 aliphatic rings. The van der Waals surface area contributed by atoms with Gasteiger partial charge in [-0.25, -0.2) is 9.36 Å². The number of aliphatic carboxylic acids is 1. The fourth-order valence-electron chi connectivity index (χ4n) is 4.54. The number of carbonyl (C=O) groups is 3. The number of hydrogen-bond donors (Lipinski definition) is 4. The first kappa shape index (κ1) is 43.2. The lowest BCUT2D eigenvalue weighted by molar-refractivity contribution is -0.147. The molecule has 0 fully saturated rings. The first-order chi connectivity index (χ1) is 21.6. The van der Waals surface area contributed by atoms with Gasteiger partial charge in [-0.15, -0.1) is 0 Å². The van der Waals surface area contributed by atoms with Crippen LogP contribution in [0.3, 0.4) is 0 Å². The minimum atomic E-state index is -4.74. The number of unbranched alkanes of at least 4 members (excludes halogenated alkanes) is 16. The van der Waals surface area contributed by atoms with E-state index in [9.17, 15) is 34.1 Å². The number of hydrogen-bond acceptors (Lipinski definition) is 8. The average Bonchev–Trinajstić information content (AvgIpc) is 3.00. The summed E-state index contributed by atoms with van der Waals surface area (Å²) in [6, 6.07) is -1.54. The van der Waals surface area contributed by atoms with Crippen LogP contribution in [-0.2, 0) is 32.7 Å². The lowest BCUT2D eigenvalue weighted by atomic mass is 10.1. The van der Waals surface area contributed by atoms with Gasteiger partial charge in [-0.1, -0.05) is 109 Å². The molecule has 0 aromatic rings. The summed E-state index contributed by atoms with van der Waals surface area (Å²) >= 11 is 0. The number of aliphatic hydroxyl groups excluding tert-OH is 1. The number of carboxylic acid groups (broad SMARTS) is 1. The quantitative estimate of drug-likeness (QED) is 0.0247. The van der Waals surface area contributed by atoms with Crippen molar-refractivity contribution >= 4 is 25.7 Å². The van der Waals surface area contributed by atoms with E-state index in [1.165, 1.54) is 44.9 Å². The molecule has 0 aromatic carbocycles. The zero-order chi connectivity index (χ0) is 33.6. The van der Waals surface area contributed by atoms with Gasteiger partial charge >= 0.3 is 19.8 Å². The summed E-state index contributed by atoms with van der Waals surface area (Å²) in [7, 11) is -4.74. The fraction of sp³-hybridized carbons (Fsp3) is 0.848. The highest BCUT2D eigenvalue weighted by Crippen LogP contribution is 2.43. The summed E-state index contributed by atoms with van der Waals surface area (Å²) in [6.07, 6.45) is 24.3. The zero-order valence-electron chi connectivity index (χ0n) is 27.9. The van der Waals surface area contributed by atoms with E-state index < -0.39 is 57.6 Å². The molecule has 0 aromatic heterocycles. The molecule has 3 atom stereocenters. The van der Waals surface area contributed by atoms with Crippen molar-refractivity contribution in [3.8, 4) is 0 Å². The molecular weight excluding hydrogens is 601 g/mol. The van der Waals surface area contributed by atoms with Crippen molar-refractivity contribution in [2.75, 3.05) is 19.8 Å². The van der Waals surface area contributed by atoms with E-state index in [0.717, 1.165) is 64.2 Å². The summed E-state index contributed by atoms with van der Waals surface area (Å²) in [5.41, 5.74) is 0. The Hall–Kier alpha value is -1.78. The van der Waals surface area contributed by atoms with Gasteiger partial charge in [-0.2, -0.15) is 0 Å². The molecule has 0 bridgehead atoms. The Balaban J connectivity index is 4.02. The summed E-state index contributed by atoms with van der Waals surface area (Å²) in [4.78, 5) is 45.3. The van der Waals surface area contributed by atoms with Crippen LogP contribution in [0.2, 0.25) is 0 Å². The second kappa shape index (κ2) is 29.6. The molecule has 0 radical (unpaired) electrons. The maximum atomic E-state index is 12.2. The van der Waals surface area contributed by atoms with E-state index in [0.29, 0.717) is 12.8 Å². The Bertz CT molecular complexity index is 838. The number of carbonyl (C=O) groups excluding carboxylic acids is 2. The number of phosphoric acid groups is 1. The van der Waals surface area contributed by atoms with Gasteiger partial charge in [0.2, 0.25) is 5.91 Å². The van der Waals surface area contributed by atoms with Gasteiger partial charge in [-0.05, 0) is 38.5 Å². The third kappa shape index (κ3) is 29.4. The molecule has 0 saturated carbocycles. The highest BCUT2D eigenvalue weighted by molar-refractivity contribution is 7.47. The van der Waals surface area contributed by atoms with Gasteiger partial charge in [0.25, 0.3) is 0 Å². The van der Waals surface area contributed by atoms with Crippen molar-refractivity contribution < 1.29 is 47.8 Å². The molecule has 12 heteroatoms. The predicted molar refractivity (Wildman–Crippen MR) is 176 cm³/mol. The monoisotopic (exact) mass is 663 g/mol. The number of phosphoric ester groups is 1. The van der Waals surface area contributed by atoms with Crippen molar-refractivity contribution in [3.05, 3.63) is 12.2 Å². The number of esters is 1. The van der Waals surface area contributed by atoms with Gasteiger partial charge in [0.05, 0.1) is 13.2 Å². The van der Waals surface area contributed by atoms with Crippen LogP contribution < -0.4 is 5.32 Å². The zero-order valence-corrected chi connectivity index (χ0v) is 28.8. The summed E-state index contributed by atoms with van der Waals surface area (Å²) < 4.78 is 26.5. The molecule has 3 unspecified atom stereocenters. The van der Waals surface area contributed by atoms with E-state index in [-0.39, 0.29) is 12.8 Å². The van der Waals surface area contributed by atoms with Crippen molar-refractivity contribution in [3.63, 3.8) is 0 Å². The lowest BCUT2D eigenvalue weighted by Gasteiger charge is -2.18. The third-order valence-corrected chi connectivity index (χ3v) is 8.26. The molecule has 264 valence electrons. The maximum Gasteiger partial charge on any atom is 0.472 e. The molecule has 0 spiro atoms. The van der Waals surface area contributed by atoms with Crippen molar-refractivity contribution in [2.45, 2.75) is 161 Å². The van der Waals surface area contributed by atoms with E-state index in [1.807, 2.05) is 0 Å². The van der Waals surface area contributed by atoms with Gasteiger partial charge in [0.15, 0.2) is 6.04 Å². The summed E-state index contributed by atoms with van der Waals surface area (Å²) in [5, 5.41) is 21.6. The first-order valence-corrected chi connectivity index (χ1v) is 18.7. The van der Waals surface area contributed by atoms with E-state index >= 15 is 0 Å². The standard InChI is InChI=1S/C33H62NO10P/c1-3-5-7-9-11-12-13-14-15-16-17-18-19-20-22-24-31(36)34-30(33(38)39)28-44-45(40,41)43-27-29(35)26-42-32(37)25-23-21-10-8-6-4-2/h14-15,29-30,35H,3-13,16-28H2,1-2H3,(H,34,36)(H,38,39)(H,40,41)/b15-14-. The number of nitrogens with one attached hydrogen (secondary N) is 1. The number of allylic oxidation sites excluding steroid dienone is 2. The highest BCUT2D eigenvalue weighted by Gasteiger charge is 2.28. The van der Waals surface area contributed by atoms with Crippen LogP contribution in [0.15, 0.2) is 12.2 Å². The smallest absolute Gasteiger partial charge is 0.472 e. The minimum absolute atomic E-state index is 0.138. The highest BCUT2D eigenvalue weighted by atomic mass is 31.2. The summed E-state index contributed by atoms with van der Waals surface area (Å²) in [5.74, 6) is -2.39. The summed E-state index contributed by atoms with van der Waals surface area (Å²) in [6.45, 7) is 2.47. The van der Waals surface area contributed by atoms with Crippen molar-refractivity contribution in [1.29, 1.82) is 0 Å². The molecule has 0 aliphatic carbocycles. The van der Waals surface area contributed by atoms with Crippen LogP contribution in [-0.4, -0.2) is 64.9 Å². The predicted octanol–water partition coefficient (Wildman–Crippen LogP) is 7.38. The number of aliphatic hydroxyl groups is 1. The van der Waals surface area contributed by atoms with Crippen molar-refractivity contribution in [2.24, 2.45) is 0 Å². The van der Waals surface area contributed by atoms with Gasteiger partial charge in [-0.3, -0.25) is 18.6 Å². The van der Waals surface area contributed by atoms with Gasteiger partial charge < -0.3 is 25.2 Å². The molecule has 11 nitrogen and oxygen atoms in total. The fourth-order valence-corrected chi connectivity index (χ4v) is 5.32. The van der Waals surface area contributed by atoms with Crippen LogP contribution in [0.25, 0.3) is 0 Å². The second-order valence-electron chi connectivity index (χ2n) is 11.7. The number of rotatable bonds is 32.